The SMILES string of the molecule is O=C1c2ccccc2C(=O)N1[C@H]1C2C=CC([C@H]3C[C@H]31)N(c1ccccc1)O2. The molecule has 2 fully saturated rings. The van der Waals surface area contributed by atoms with Crippen LogP contribution in [0.5, 0.6) is 0 Å². The predicted octanol–water partition coefficient (Wildman–Crippen LogP) is 3.05. The molecule has 0 radical (unpaired) electrons. The molecule has 2 bridgehead atoms. The zero-order valence-corrected chi connectivity index (χ0v) is 14.6. The number of hydroxylamine groups is 1. The summed E-state index contributed by atoms with van der Waals surface area (Å²) in [5, 5.41) is 1.97. The first-order valence-corrected chi connectivity index (χ1v) is 9.40. The van der Waals surface area contributed by atoms with E-state index in [1.165, 1.54) is 4.90 Å². The van der Waals surface area contributed by atoms with Gasteiger partial charge in [0.25, 0.3) is 11.8 Å². The van der Waals surface area contributed by atoms with Crippen molar-refractivity contribution in [3.8, 4) is 0 Å². The van der Waals surface area contributed by atoms with Gasteiger partial charge in [0.1, 0.15) is 6.10 Å². The van der Waals surface area contributed by atoms with Gasteiger partial charge in [0, 0.05) is 0 Å². The number of nitrogens with zero attached hydrogens (tertiary/aromatic N) is 2. The molecule has 0 spiro atoms. The van der Waals surface area contributed by atoms with E-state index in [-0.39, 0.29) is 35.9 Å². The Bertz CT molecular complexity index is 951. The van der Waals surface area contributed by atoms with Crippen LogP contribution in [0.25, 0.3) is 0 Å². The van der Waals surface area contributed by atoms with E-state index >= 15 is 0 Å². The number of rotatable bonds is 2. The number of hydrogen-bond acceptors (Lipinski definition) is 4. The number of fused-ring (bicyclic) bond motifs is 2. The van der Waals surface area contributed by atoms with Crippen molar-refractivity contribution >= 4 is 17.5 Å². The highest BCUT2D eigenvalue weighted by Gasteiger charge is 2.60. The van der Waals surface area contributed by atoms with Crippen molar-refractivity contribution in [3.05, 3.63) is 77.9 Å². The normalized spacial score (nSPS) is 33.1. The van der Waals surface area contributed by atoms with Gasteiger partial charge in [-0.3, -0.25) is 19.3 Å². The van der Waals surface area contributed by atoms with Crippen LogP contribution in [-0.4, -0.2) is 34.9 Å². The highest BCUT2D eigenvalue weighted by Crippen LogP contribution is 2.54. The molecule has 3 heterocycles. The number of anilines is 1. The Hall–Kier alpha value is -2.92. The second kappa shape index (κ2) is 5.30. The summed E-state index contributed by atoms with van der Waals surface area (Å²) in [6.45, 7) is 0. The van der Waals surface area contributed by atoms with E-state index in [1.54, 1.807) is 24.3 Å². The number of carbonyl (C=O) groups excluding carboxylic acids is 2. The summed E-state index contributed by atoms with van der Waals surface area (Å²) < 4.78 is 0. The highest BCUT2D eigenvalue weighted by molar-refractivity contribution is 6.21. The summed E-state index contributed by atoms with van der Waals surface area (Å²) in [7, 11) is 0. The lowest BCUT2D eigenvalue weighted by Gasteiger charge is -2.38. The molecule has 0 N–H and O–H groups in total. The Kier molecular flexibility index (Phi) is 2.98. The fraction of sp³-hybridized carbons (Fsp3) is 0.273. The van der Waals surface area contributed by atoms with Crippen LogP contribution in [0.15, 0.2) is 66.7 Å². The Morgan fingerprint density at radius 2 is 1.48 bits per heavy atom. The molecular formula is C22H18N2O3. The second-order valence-electron chi connectivity index (χ2n) is 7.69. The van der Waals surface area contributed by atoms with Crippen LogP contribution in [0.4, 0.5) is 5.69 Å². The molecule has 27 heavy (non-hydrogen) atoms. The maximum Gasteiger partial charge on any atom is 0.261 e. The number of amides is 2. The van der Waals surface area contributed by atoms with Gasteiger partial charge >= 0.3 is 0 Å². The number of para-hydroxylation sites is 1. The topological polar surface area (TPSA) is 49.9 Å². The Morgan fingerprint density at radius 3 is 2.19 bits per heavy atom. The zero-order chi connectivity index (χ0) is 18.1. The summed E-state index contributed by atoms with van der Waals surface area (Å²) >= 11 is 0. The number of carbonyl (C=O) groups is 2. The molecule has 5 aliphatic rings. The lowest BCUT2D eigenvalue weighted by molar-refractivity contribution is -0.00174. The van der Waals surface area contributed by atoms with Crippen LogP contribution in [0.1, 0.15) is 27.1 Å². The van der Waals surface area contributed by atoms with Gasteiger partial charge in [0.05, 0.1) is 28.9 Å². The highest BCUT2D eigenvalue weighted by atomic mass is 16.7. The maximum absolute atomic E-state index is 13.0. The molecule has 2 aromatic carbocycles. The first kappa shape index (κ1) is 15.2. The van der Waals surface area contributed by atoms with Gasteiger partial charge in [0.2, 0.25) is 0 Å². The van der Waals surface area contributed by atoms with Crippen molar-refractivity contribution in [1.29, 1.82) is 0 Å². The Morgan fingerprint density at radius 1 is 0.815 bits per heavy atom. The van der Waals surface area contributed by atoms with Gasteiger partial charge in [0.15, 0.2) is 0 Å². The number of hydrogen-bond donors (Lipinski definition) is 0. The minimum absolute atomic E-state index is 0.147. The quantitative estimate of drug-likeness (QED) is 0.612. The van der Waals surface area contributed by atoms with Crippen molar-refractivity contribution < 1.29 is 14.4 Å². The third-order valence-electron chi connectivity index (χ3n) is 6.24. The average molecular weight is 358 g/mol. The van der Waals surface area contributed by atoms with E-state index in [0.717, 1.165) is 12.1 Å². The Balaban J connectivity index is 1.39. The molecule has 7 rings (SSSR count). The van der Waals surface area contributed by atoms with Crippen LogP contribution in [-0.2, 0) is 4.84 Å². The summed E-state index contributed by atoms with van der Waals surface area (Å²) in [5.74, 6) is 0.286. The van der Waals surface area contributed by atoms with E-state index in [2.05, 4.69) is 6.08 Å². The fourth-order valence-corrected chi connectivity index (χ4v) is 4.92. The van der Waals surface area contributed by atoms with Crippen LogP contribution in [0, 0.1) is 11.8 Å². The molecule has 134 valence electrons. The number of benzene rings is 2. The average Bonchev–Trinajstić information content (AvgIpc) is 3.49. The zero-order valence-electron chi connectivity index (χ0n) is 14.6. The van der Waals surface area contributed by atoms with E-state index < -0.39 is 0 Å². The van der Waals surface area contributed by atoms with Gasteiger partial charge in [-0.25, -0.2) is 5.06 Å². The summed E-state index contributed by atoms with van der Waals surface area (Å²) in [5.41, 5.74) is 2.01. The maximum atomic E-state index is 13.0. The number of imide groups is 1. The van der Waals surface area contributed by atoms with Gasteiger partial charge in [-0.2, -0.15) is 0 Å². The smallest absolute Gasteiger partial charge is 0.261 e. The van der Waals surface area contributed by atoms with Crippen LogP contribution in [0.3, 0.4) is 0 Å². The summed E-state index contributed by atoms with van der Waals surface area (Å²) in [6.07, 6.45) is 4.91. The molecule has 3 aliphatic heterocycles. The molecule has 2 unspecified atom stereocenters. The van der Waals surface area contributed by atoms with Crippen LogP contribution < -0.4 is 5.06 Å². The molecule has 1 saturated heterocycles. The van der Waals surface area contributed by atoms with E-state index in [4.69, 9.17) is 4.84 Å². The largest absolute Gasteiger partial charge is 0.269 e. The predicted molar refractivity (Wildman–Crippen MR) is 99.0 cm³/mol. The molecule has 2 aromatic rings. The van der Waals surface area contributed by atoms with Crippen molar-refractivity contribution in [2.75, 3.05) is 5.06 Å². The van der Waals surface area contributed by atoms with Crippen molar-refractivity contribution in [1.82, 2.24) is 4.90 Å². The standard InChI is InChI=1S/C22H18N2O3/c25-21-14-8-4-5-9-15(14)22(26)23(21)20-17-12-16(17)18-10-11-19(20)27-24(18)13-6-2-1-3-7-13/h1-11,16-20H,12H2/t16-,17+,18?,19?,20+/m0/s1. The molecule has 5 nitrogen and oxygen atoms in total. The first-order chi connectivity index (χ1) is 13.2. The molecule has 5 atom stereocenters. The van der Waals surface area contributed by atoms with Gasteiger partial charge in [-0.15, -0.1) is 0 Å². The minimum Gasteiger partial charge on any atom is -0.269 e. The van der Waals surface area contributed by atoms with Crippen LogP contribution >= 0.6 is 0 Å². The summed E-state index contributed by atoms with van der Waals surface area (Å²) in [4.78, 5) is 33.8. The Labute approximate surface area is 156 Å². The monoisotopic (exact) mass is 358 g/mol. The lowest BCUT2D eigenvalue weighted by atomic mass is 10.0. The molecular weight excluding hydrogens is 340 g/mol. The molecule has 2 aliphatic carbocycles. The minimum atomic E-state index is -0.318. The molecule has 0 aromatic heterocycles. The van der Waals surface area contributed by atoms with Crippen molar-refractivity contribution in [2.45, 2.75) is 24.6 Å². The molecule has 2 amide bonds. The van der Waals surface area contributed by atoms with Gasteiger partial charge in [-0.05, 0) is 42.5 Å². The van der Waals surface area contributed by atoms with Gasteiger partial charge < -0.3 is 0 Å². The first-order valence-electron chi connectivity index (χ1n) is 9.40. The van der Waals surface area contributed by atoms with Crippen LogP contribution in [0.2, 0.25) is 0 Å². The fourth-order valence-electron chi connectivity index (χ4n) is 4.92. The van der Waals surface area contributed by atoms with Crippen molar-refractivity contribution in [3.63, 3.8) is 0 Å². The van der Waals surface area contributed by atoms with E-state index in [1.807, 2.05) is 41.5 Å². The van der Waals surface area contributed by atoms with Crippen molar-refractivity contribution in [2.24, 2.45) is 11.8 Å². The second-order valence-corrected chi connectivity index (χ2v) is 7.69. The van der Waals surface area contributed by atoms with E-state index in [9.17, 15) is 9.59 Å². The summed E-state index contributed by atoms with van der Waals surface area (Å²) in [6, 6.07) is 17.0. The molecule has 1 saturated carbocycles. The van der Waals surface area contributed by atoms with Gasteiger partial charge in [-0.1, -0.05) is 42.5 Å². The molecule has 5 heteroatoms. The third-order valence-corrected chi connectivity index (χ3v) is 6.24. The van der Waals surface area contributed by atoms with E-state index in [0.29, 0.717) is 17.0 Å². The lowest BCUT2D eigenvalue weighted by Crippen LogP contribution is -2.50. The third kappa shape index (κ3) is 2.03.